The Morgan fingerprint density at radius 1 is 0.778 bits per heavy atom. The van der Waals surface area contributed by atoms with Gasteiger partial charge in [0.05, 0.1) is 13.2 Å². The summed E-state index contributed by atoms with van der Waals surface area (Å²) in [7, 11) is 0. The summed E-state index contributed by atoms with van der Waals surface area (Å²) in [6.45, 7) is -0.541. The molecule has 0 aliphatic rings. The van der Waals surface area contributed by atoms with E-state index in [0.29, 0.717) is 27.8 Å². The number of fused-ring (bicyclic) bond motifs is 2. The topological polar surface area (TPSA) is 110 Å². The van der Waals surface area contributed by atoms with Crippen LogP contribution in [0.15, 0.2) is 67.0 Å². The lowest BCUT2D eigenvalue weighted by molar-refractivity contribution is 0.260. The second-order valence-corrected chi connectivity index (χ2v) is 5.93. The smallest absolute Gasteiger partial charge is 0.379 e. The van der Waals surface area contributed by atoms with E-state index < -0.39 is 11.3 Å². The molecule has 2 heterocycles. The van der Waals surface area contributed by atoms with Crippen LogP contribution in [0, 0.1) is 0 Å². The molecule has 2 N–H and O–H groups in total. The standard InChI is InChI=1S/C20H14O7/c21-9-13-5-12-6-18(20(24)27-16(12)7-14(13)10-22)25-15-3-1-11-2-4-19(23)26-17(11)8-15/h1-8,21-22H,9-10H2. The van der Waals surface area contributed by atoms with E-state index in [1.165, 1.54) is 24.3 Å². The Hall–Kier alpha value is -3.42. The first-order valence-electron chi connectivity index (χ1n) is 8.10. The van der Waals surface area contributed by atoms with Crippen LogP contribution in [0.1, 0.15) is 11.1 Å². The maximum atomic E-state index is 12.2. The van der Waals surface area contributed by atoms with Gasteiger partial charge in [0.25, 0.3) is 0 Å². The third-order valence-electron chi connectivity index (χ3n) is 4.19. The van der Waals surface area contributed by atoms with Crippen molar-refractivity contribution in [1.29, 1.82) is 0 Å². The number of aliphatic hydroxyl groups excluding tert-OH is 2. The first kappa shape index (κ1) is 17.0. The van der Waals surface area contributed by atoms with Crippen LogP contribution < -0.4 is 16.0 Å². The lowest BCUT2D eigenvalue weighted by Gasteiger charge is -2.09. The van der Waals surface area contributed by atoms with Crippen LogP contribution >= 0.6 is 0 Å². The lowest BCUT2D eigenvalue weighted by Crippen LogP contribution is -2.04. The molecule has 0 aliphatic carbocycles. The van der Waals surface area contributed by atoms with E-state index in [9.17, 15) is 19.8 Å². The summed E-state index contributed by atoms with van der Waals surface area (Å²) in [5.74, 6) is 0.249. The highest BCUT2D eigenvalue weighted by Gasteiger charge is 2.12. The van der Waals surface area contributed by atoms with Crippen molar-refractivity contribution in [1.82, 2.24) is 0 Å². The molecule has 0 saturated heterocycles. The van der Waals surface area contributed by atoms with E-state index in [2.05, 4.69) is 0 Å². The van der Waals surface area contributed by atoms with Crippen molar-refractivity contribution in [3.05, 3.63) is 80.5 Å². The largest absolute Gasteiger partial charge is 0.450 e. The van der Waals surface area contributed by atoms with Crippen LogP contribution in [0.25, 0.3) is 21.9 Å². The van der Waals surface area contributed by atoms with Gasteiger partial charge in [0.15, 0.2) is 0 Å². The van der Waals surface area contributed by atoms with Gasteiger partial charge in [0.1, 0.15) is 16.9 Å². The van der Waals surface area contributed by atoms with Crippen LogP contribution in [0.3, 0.4) is 0 Å². The summed E-state index contributed by atoms with van der Waals surface area (Å²) in [5.41, 5.74) is 0.431. The van der Waals surface area contributed by atoms with Gasteiger partial charge in [0, 0.05) is 22.9 Å². The van der Waals surface area contributed by atoms with Crippen molar-refractivity contribution >= 4 is 21.9 Å². The summed E-state index contributed by atoms with van der Waals surface area (Å²) >= 11 is 0. The monoisotopic (exact) mass is 366 g/mol. The minimum absolute atomic E-state index is 0.0548. The van der Waals surface area contributed by atoms with Crippen molar-refractivity contribution < 1.29 is 23.8 Å². The molecule has 27 heavy (non-hydrogen) atoms. The van der Waals surface area contributed by atoms with Crippen molar-refractivity contribution in [2.45, 2.75) is 13.2 Å². The molecule has 0 amide bonds. The molecular formula is C20H14O7. The number of aliphatic hydroxyl groups is 2. The highest BCUT2D eigenvalue weighted by molar-refractivity contribution is 5.80. The van der Waals surface area contributed by atoms with Crippen molar-refractivity contribution in [2.75, 3.05) is 0 Å². The Bertz CT molecular complexity index is 1270. The molecule has 0 saturated carbocycles. The van der Waals surface area contributed by atoms with Gasteiger partial charge in [0.2, 0.25) is 5.75 Å². The molecule has 0 unspecified atom stereocenters. The minimum Gasteiger partial charge on any atom is -0.450 e. The van der Waals surface area contributed by atoms with Gasteiger partial charge in [-0.3, -0.25) is 0 Å². The summed E-state index contributed by atoms with van der Waals surface area (Å²) in [5, 5.41) is 20.0. The van der Waals surface area contributed by atoms with E-state index in [4.69, 9.17) is 13.6 Å². The lowest BCUT2D eigenvalue weighted by atomic mass is 10.1. The first-order valence-corrected chi connectivity index (χ1v) is 8.10. The van der Waals surface area contributed by atoms with Crippen LogP contribution in [0.5, 0.6) is 11.5 Å². The van der Waals surface area contributed by atoms with Gasteiger partial charge in [-0.25, -0.2) is 9.59 Å². The maximum absolute atomic E-state index is 12.2. The zero-order valence-corrected chi connectivity index (χ0v) is 14.0. The number of hydrogen-bond acceptors (Lipinski definition) is 7. The molecule has 7 nitrogen and oxygen atoms in total. The van der Waals surface area contributed by atoms with Crippen LogP contribution in [-0.4, -0.2) is 10.2 Å². The Kier molecular flexibility index (Phi) is 4.23. The molecule has 7 heteroatoms. The molecular weight excluding hydrogens is 352 g/mol. The number of rotatable bonds is 4. The van der Waals surface area contributed by atoms with Crippen molar-refractivity contribution in [3.8, 4) is 11.5 Å². The fourth-order valence-electron chi connectivity index (χ4n) is 2.83. The average molecular weight is 366 g/mol. The molecule has 0 fully saturated rings. The fourth-order valence-corrected chi connectivity index (χ4v) is 2.83. The highest BCUT2D eigenvalue weighted by Crippen LogP contribution is 2.27. The predicted octanol–water partition coefficient (Wildman–Crippen LogP) is 2.68. The Morgan fingerprint density at radius 3 is 2.26 bits per heavy atom. The van der Waals surface area contributed by atoms with Gasteiger partial charge in [-0.05, 0) is 47.5 Å². The second-order valence-electron chi connectivity index (χ2n) is 5.93. The van der Waals surface area contributed by atoms with Crippen molar-refractivity contribution in [2.24, 2.45) is 0 Å². The zero-order chi connectivity index (χ0) is 19.0. The molecule has 0 radical (unpaired) electrons. The highest BCUT2D eigenvalue weighted by atomic mass is 16.5. The maximum Gasteiger partial charge on any atom is 0.379 e. The summed E-state index contributed by atoms with van der Waals surface area (Å²) in [6.07, 6.45) is 0. The number of ether oxygens (including phenoxy) is 1. The quantitative estimate of drug-likeness (QED) is 0.534. The summed E-state index contributed by atoms with van der Waals surface area (Å²) in [6, 6.07) is 12.4. The van der Waals surface area contributed by atoms with E-state index in [-0.39, 0.29) is 24.5 Å². The first-order chi connectivity index (χ1) is 13.1. The normalized spacial score (nSPS) is 11.2. The molecule has 2 aromatic heterocycles. The Labute approximate surface area is 151 Å². The molecule has 136 valence electrons. The van der Waals surface area contributed by atoms with Gasteiger partial charge in [-0.15, -0.1) is 0 Å². The van der Waals surface area contributed by atoms with Gasteiger partial charge >= 0.3 is 11.3 Å². The Balaban J connectivity index is 1.78. The SMILES string of the molecule is O=c1ccc2ccc(Oc3cc4cc(CO)c(CO)cc4oc3=O)cc2o1. The van der Waals surface area contributed by atoms with Crippen LogP contribution in [0.4, 0.5) is 0 Å². The van der Waals surface area contributed by atoms with Crippen molar-refractivity contribution in [3.63, 3.8) is 0 Å². The fraction of sp³-hybridized carbons (Fsp3) is 0.100. The molecule has 4 aromatic rings. The number of benzene rings is 2. The molecule has 0 spiro atoms. The molecule has 0 aliphatic heterocycles. The molecule has 2 aromatic carbocycles. The van der Waals surface area contributed by atoms with E-state index in [1.54, 1.807) is 24.3 Å². The van der Waals surface area contributed by atoms with E-state index in [1.807, 2.05) is 0 Å². The van der Waals surface area contributed by atoms with Crippen LogP contribution in [-0.2, 0) is 13.2 Å². The van der Waals surface area contributed by atoms with Gasteiger partial charge in [-0.1, -0.05) is 0 Å². The van der Waals surface area contributed by atoms with E-state index >= 15 is 0 Å². The minimum atomic E-state index is -0.697. The summed E-state index contributed by atoms with van der Waals surface area (Å²) in [4.78, 5) is 23.6. The van der Waals surface area contributed by atoms with Gasteiger partial charge < -0.3 is 23.8 Å². The molecule has 0 bridgehead atoms. The molecule has 0 atom stereocenters. The second kappa shape index (κ2) is 6.71. The van der Waals surface area contributed by atoms with Crippen LogP contribution in [0.2, 0.25) is 0 Å². The summed E-state index contributed by atoms with van der Waals surface area (Å²) < 4.78 is 16.0. The molecule has 4 rings (SSSR count). The zero-order valence-electron chi connectivity index (χ0n) is 14.0. The number of hydrogen-bond donors (Lipinski definition) is 2. The third-order valence-corrected chi connectivity index (χ3v) is 4.19. The van der Waals surface area contributed by atoms with E-state index in [0.717, 1.165) is 5.39 Å². The average Bonchev–Trinajstić information content (AvgIpc) is 2.67. The third kappa shape index (κ3) is 3.21. The Morgan fingerprint density at radius 2 is 1.48 bits per heavy atom. The van der Waals surface area contributed by atoms with Gasteiger partial charge in [-0.2, -0.15) is 0 Å². The predicted molar refractivity (Wildman–Crippen MR) is 96.9 cm³/mol.